The molecule has 138 valence electrons. The van der Waals surface area contributed by atoms with Crippen molar-refractivity contribution < 1.29 is 19.1 Å². The summed E-state index contributed by atoms with van der Waals surface area (Å²) in [5.41, 5.74) is 2.81. The van der Waals surface area contributed by atoms with Crippen LogP contribution in [0.1, 0.15) is 60.2 Å². The minimum Gasteiger partial charge on any atom is -0.497 e. The van der Waals surface area contributed by atoms with E-state index in [4.69, 9.17) is 9.47 Å². The lowest BCUT2D eigenvalue weighted by Crippen LogP contribution is -2.25. The smallest absolute Gasteiger partial charge is 0.307 e. The molecule has 0 fully saturated rings. The molecule has 0 aliphatic carbocycles. The molecule has 0 heterocycles. The fraction of sp³-hybridized carbons (Fsp3) is 0.364. The number of hydrogen-bond donors (Lipinski definition) is 0. The molecule has 0 amide bonds. The van der Waals surface area contributed by atoms with Gasteiger partial charge in [0, 0.05) is 11.5 Å². The molecule has 0 N–H and O–H groups in total. The second-order valence-electron chi connectivity index (χ2n) is 7.31. The van der Waals surface area contributed by atoms with Gasteiger partial charge in [0.05, 0.1) is 13.5 Å². The molecule has 0 spiro atoms. The first-order valence-electron chi connectivity index (χ1n) is 8.65. The zero-order valence-electron chi connectivity index (χ0n) is 16.0. The summed E-state index contributed by atoms with van der Waals surface area (Å²) in [4.78, 5) is 24.1. The Balaban J connectivity index is 2.48. The molecule has 0 bridgehead atoms. The molecule has 2 aromatic carbocycles. The van der Waals surface area contributed by atoms with Crippen LogP contribution in [0.3, 0.4) is 0 Å². The van der Waals surface area contributed by atoms with E-state index in [1.807, 2.05) is 64.1 Å². The molecule has 0 saturated heterocycles. The molecule has 2 rings (SSSR count). The zero-order valence-corrected chi connectivity index (χ0v) is 16.0. The quantitative estimate of drug-likeness (QED) is 0.558. The summed E-state index contributed by atoms with van der Waals surface area (Å²) in [7, 11) is 1.61. The molecule has 0 aromatic heterocycles. The van der Waals surface area contributed by atoms with Gasteiger partial charge in [-0.05, 0) is 56.5 Å². The van der Waals surface area contributed by atoms with Crippen LogP contribution in [0.2, 0.25) is 0 Å². The molecular formula is C22H26O4. The van der Waals surface area contributed by atoms with Crippen molar-refractivity contribution in [3.05, 3.63) is 64.7 Å². The van der Waals surface area contributed by atoms with Crippen molar-refractivity contribution in [3.8, 4) is 5.75 Å². The van der Waals surface area contributed by atoms with Gasteiger partial charge < -0.3 is 9.47 Å². The lowest BCUT2D eigenvalue weighted by molar-refractivity contribution is -0.155. The van der Waals surface area contributed by atoms with Crippen LogP contribution in [0, 0.1) is 6.92 Å². The highest BCUT2D eigenvalue weighted by Gasteiger charge is 2.25. The summed E-state index contributed by atoms with van der Waals surface area (Å²) in [6.07, 6.45) is 1.00. The molecule has 0 radical (unpaired) electrons. The van der Waals surface area contributed by atoms with Crippen molar-refractivity contribution in [2.24, 2.45) is 0 Å². The maximum absolute atomic E-state index is 12.5. The minimum atomic E-state index is -0.555. The molecule has 0 saturated carbocycles. The molecular weight excluding hydrogens is 328 g/mol. The maximum Gasteiger partial charge on any atom is 0.307 e. The third-order valence-corrected chi connectivity index (χ3v) is 4.14. The largest absolute Gasteiger partial charge is 0.497 e. The first-order chi connectivity index (χ1) is 12.2. The van der Waals surface area contributed by atoms with Gasteiger partial charge in [0.1, 0.15) is 17.6 Å². The van der Waals surface area contributed by atoms with Gasteiger partial charge in [-0.25, -0.2) is 0 Å². The van der Waals surface area contributed by atoms with E-state index in [1.54, 1.807) is 13.2 Å². The van der Waals surface area contributed by atoms with E-state index < -0.39 is 5.60 Å². The molecule has 4 nitrogen and oxygen atoms in total. The van der Waals surface area contributed by atoms with Crippen LogP contribution in [-0.4, -0.2) is 25.0 Å². The van der Waals surface area contributed by atoms with Gasteiger partial charge in [-0.1, -0.05) is 30.3 Å². The van der Waals surface area contributed by atoms with Crippen LogP contribution in [-0.2, 0) is 9.53 Å². The molecule has 26 heavy (non-hydrogen) atoms. The summed E-state index contributed by atoms with van der Waals surface area (Å²) < 4.78 is 10.7. The van der Waals surface area contributed by atoms with Gasteiger partial charge in [-0.15, -0.1) is 0 Å². The Morgan fingerprint density at radius 1 is 1.12 bits per heavy atom. The number of rotatable bonds is 6. The maximum atomic E-state index is 12.5. The number of carbonyl (C=O) groups excluding carboxylic acids is 2. The Hall–Kier alpha value is -2.62. The summed E-state index contributed by atoms with van der Waals surface area (Å²) in [5, 5.41) is 0. The first kappa shape index (κ1) is 19.7. The number of benzene rings is 2. The average Bonchev–Trinajstić information content (AvgIpc) is 2.58. The fourth-order valence-corrected chi connectivity index (χ4v) is 3.05. The van der Waals surface area contributed by atoms with E-state index in [9.17, 15) is 9.59 Å². The van der Waals surface area contributed by atoms with Crippen molar-refractivity contribution in [2.45, 2.75) is 45.6 Å². The molecule has 4 heteroatoms. The highest BCUT2D eigenvalue weighted by molar-refractivity contribution is 5.80. The number of esters is 1. The second-order valence-corrected chi connectivity index (χ2v) is 7.31. The number of aryl methyl sites for hydroxylation is 1. The third-order valence-electron chi connectivity index (χ3n) is 4.14. The van der Waals surface area contributed by atoms with Crippen molar-refractivity contribution in [2.75, 3.05) is 7.11 Å². The standard InChI is InChI=1S/C22H26O4/c1-15-7-6-8-17(14-23)21(15)19(13-20(24)26-22(2,3)4)16-9-11-18(25-5)12-10-16/h6-12,14,19H,13H2,1-5H3. The van der Waals surface area contributed by atoms with Gasteiger partial charge in [0.15, 0.2) is 0 Å². The lowest BCUT2D eigenvalue weighted by atomic mass is 9.83. The van der Waals surface area contributed by atoms with Gasteiger partial charge in [0.25, 0.3) is 0 Å². The predicted molar refractivity (Wildman–Crippen MR) is 102 cm³/mol. The average molecular weight is 354 g/mol. The van der Waals surface area contributed by atoms with E-state index in [1.165, 1.54) is 0 Å². The topological polar surface area (TPSA) is 52.6 Å². The summed E-state index contributed by atoms with van der Waals surface area (Å²) in [6, 6.07) is 13.1. The number of ether oxygens (including phenoxy) is 2. The van der Waals surface area contributed by atoms with Crippen LogP contribution in [0.25, 0.3) is 0 Å². The second kappa shape index (κ2) is 8.17. The van der Waals surface area contributed by atoms with Gasteiger partial charge in [-0.3, -0.25) is 9.59 Å². The van der Waals surface area contributed by atoms with E-state index in [-0.39, 0.29) is 18.3 Å². The summed E-state index contributed by atoms with van der Waals surface area (Å²) in [5.74, 6) is 0.181. The lowest BCUT2D eigenvalue weighted by Gasteiger charge is -2.24. The normalized spacial score (nSPS) is 12.3. The van der Waals surface area contributed by atoms with Crippen LogP contribution < -0.4 is 4.74 Å². The molecule has 2 aromatic rings. The number of methoxy groups -OCH3 is 1. The Bertz CT molecular complexity index is 770. The van der Waals surface area contributed by atoms with Crippen molar-refractivity contribution in [1.82, 2.24) is 0 Å². The van der Waals surface area contributed by atoms with Gasteiger partial charge in [0.2, 0.25) is 0 Å². The van der Waals surface area contributed by atoms with Crippen molar-refractivity contribution >= 4 is 12.3 Å². The molecule has 0 aliphatic rings. The highest BCUT2D eigenvalue weighted by Crippen LogP contribution is 2.34. The number of aldehydes is 1. The van der Waals surface area contributed by atoms with Gasteiger partial charge >= 0.3 is 5.97 Å². The van der Waals surface area contributed by atoms with E-state index in [0.29, 0.717) is 5.56 Å². The number of carbonyl (C=O) groups is 2. The third kappa shape index (κ3) is 4.94. The monoisotopic (exact) mass is 354 g/mol. The Morgan fingerprint density at radius 2 is 1.77 bits per heavy atom. The van der Waals surface area contributed by atoms with E-state index in [0.717, 1.165) is 28.7 Å². The van der Waals surface area contributed by atoms with Crippen LogP contribution in [0.4, 0.5) is 0 Å². The summed E-state index contributed by atoms with van der Waals surface area (Å²) >= 11 is 0. The van der Waals surface area contributed by atoms with Crippen molar-refractivity contribution in [3.63, 3.8) is 0 Å². The fourth-order valence-electron chi connectivity index (χ4n) is 3.05. The van der Waals surface area contributed by atoms with Crippen LogP contribution in [0.5, 0.6) is 5.75 Å². The Morgan fingerprint density at radius 3 is 2.31 bits per heavy atom. The van der Waals surface area contributed by atoms with Crippen LogP contribution in [0.15, 0.2) is 42.5 Å². The Kier molecular flexibility index (Phi) is 6.19. The molecule has 1 atom stereocenters. The predicted octanol–water partition coefficient (Wildman–Crippen LogP) is 4.68. The SMILES string of the molecule is COc1ccc(C(CC(=O)OC(C)(C)C)c2c(C)cccc2C=O)cc1. The van der Waals surface area contributed by atoms with E-state index in [2.05, 4.69) is 0 Å². The highest BCUT2D eigenvalue weighted by atomic mass is 16.6. The van der Waals surface area contributed by atoms with Gasteiger partial charge in [-0.2, -0.15) is 0 Å². The van der Waals surface area contributed by atoms with Crippen molar-refractivity contribution in [1.29, 1.82) is 0 Å². The molecule has 1 unspecified atom stereocenters. The number of hydrogen-bond acceptors (Lipinski definition) is 4. The van der Waals surface area contributed by atoms with Crippen LogP contribution >= 0.6 is 0 Å². The summed E-state index contributed by atoms with van der Waals surface area (Å²) in [6.45, 7) is 7.49. The Labute approximate surface area is 155 Å². The minimum absolute atomic E-state index is 0.162. The van der Waals surface area contributed by atoms with E-state index >= 15 is 0 Å². The molecule has 0 aliphatic heterocycles. The zero-order chi connectivity index (χ0) is 19.3. The first-order valence-corrected chi connectivity index (χ1v) is 8.65.